The van der Waals surface area contributed by atoms with Gasteiger partial charge >= 0.3 is 7.12 Å². The highest BCUT2D eigenvalue weighted by molar-refractivity contribution is 6.65. The van der Waals surface area contributed by atoms with Gasteiger partial charge < -0.3 is 18.9 Å². The van der Waals surface area contributed by atoms with E-state index in [-0.39, 0.29) is 10.8 Å². The molecule has 49 heavy (non-hydrogen) atoms. The van der Waals surface area contributed by atoms with Crippen LogP contribution < -0.4 is 5.46 Å². The molecule has 5 aromatic carbocycles. The molecule has 0 bridgehead atoms. The lowest BCUT2D eigenvalue weighted by Crippen LogP contribution is -2.41. The van der Waals surface area contributed by atoms with Crippen LogP contribution in [0.5, 0.6) is 0 Å². The minimum absolute atomic E-state index is 0.0455. The third-order valence-electron chi connectivity index (χ3n) is 11.1. The quantitative estimate of drug-likeness (QED) is 0.194. The molecule has 0 unspecified atom stereocenters. The molecule has 1 N–H and O–H groups in total. The zero-order valence-electron chi connectivity index (χ0n) is 30.6. The molecule has 1 aliphatic heterocycles. The number of aromatic amines is 1. The van der Waals surface area contributed by atoms with E-state index in [1.165, 1.54) is 60.5 Å². The molecule has 4 nitrogen and oxygen atoms in total. The van der Waals surface area contributed by atoms with E-state index in [4.69, 9.17) is 9.31 Å². The molecule has 0 spiro atoms. The molecule has 8 rings (SSSR count). The summed E-state index contributed by atoms with van der Waals surface area (Å²) in [6, 6.07) is 35.9. The van der Waals surface area contributed by atoms with Crippen molar-refractivity contribution in [3.05, 3.63) is 108 Å². The van der Waals surface area contributed by atoms with Crippen LogP contribution in [0.2, 0.25) is 0 Å². The van der Waals surface area contributed by atoms with Crippen molar-refractivity contribution in [2.75, 3.05) is 0 Å². The van der Waals surface area contributed by atoms with Gasteiger partial charge in [0, 0.05) is 43.8 Å². The van der Waals surface area contributed by atoms with E-state index in [1.807, 2.05) is 0 Å². The molecular weight excluding hydrogens is 599 g/mol. The summed E-state index contributed by atoms with van der Waals surface area (Å²) in [7, 11) is -0.478. The van der Waals surface area contributed by atoms with Gasteiger partial charge in [-0.15, -0.1) is 0 Å². The van der Waals surface area contributed by atoms with Gasteiger partial charge in [-0.2, -0.15) is 0 Å². The van der Waals surface area contributed by atoms with Gasteiger partial charge in [0.05, 0.1) is 27.8 Å². The Bertz CT molecular complexity index is 2400. The lowest BCUT2D eigenvalue weighted by Gasteiger charge is -2.32. The predicted molar refractivity (Wildman–Crippen MR) is 209 cm³/mol. The van der Waals surface area contributed by atoms with Crippen molar-refractivity contribution in [2.45, 2.75) is 91.3 Å². The summed E-state index contributed by atoms with van der Waals surface area (Å²) in [5, 5.41) is 4.94. The van der Waals surface area contributed by atoms with Crippen molar-refractivity contribution in [3.8, 4) is 16.8 Å². The first-order chi connectivity index (χ1) is 23.0. The Kier molecular flexibility index (Phi) is 6.90. The Hall–Kier alpha value is -4.32. The van der Waals surface area contributed by atoms with E-state index in [0.717, 1.165) is 16.5 Å². The second kappa shape index (κ2) is 10.6. The van der Waals surface area contributed by atoms with Gasteiger partial charge in [0.1, 0.15) is 0 Å². The van der Waals surface area contributed by atoms with Gasteiger partial charge in [0.15, 0.2) is 0 Å². The van der Waals surface area contributed by atoms with E-state index < -0.39 is 18.3 Å². The lowest BCUT2D eigenvalue weighted by molar-refractivity contribution is 0.00578. The number of hydrogen-bond donors (Lipinski definition) is 1. The van der Waals surface area contributed by atoms with Gasteiger partial charge in [0.2, 0.25) is 0 Å². The average Bonchev–Trinajstić information content (AvgIpc) is 3.65. The second-order valence-electron chi connectivity index (χ2n) is 17.1. The lowest BCUT2D eigenvalue weighted by atomic mass is 9.74. The maximum atomic E-state index is 6.70. The SMILES string of the molecule is CC(C)(C)c1cc(B2OC(C)(C)C(C)(C)O2)c2[nH]c3c(-c4ccc5c(c4)c4ccccc4n5-c4ccccc4)cc(C(C)(C)C)cc3c2c1. The zero-order valence-corrected chi connectivity index (χ0v) is 30.6. The van der Waals surface area contributed by atoms with Crippen LogP contribution in [-0.2, 0) is 20.1 Å². The van der Waals surface area contributed by atoms with Gasteiger partial charge in [-0.1, -0.05) is 90.1 Å². The van der Waals surface area contributed by atoms with Crippen molar-refractivity contribution < 1.29 is 9.31 Å². The third kappa shape index (κ3) is 5.04. The molecular formula is C44H47BN2O2. The first kappa shape index (κ1) is 31.9. The number of rotatable bonds is 3. The van der Waals surface area contributed by atoms with Crippen molar-refractivity contribution in [3.63, 3.8) is 0 Å². The topological polar surface area (TPSA) is 39.2 Å². The number of nitrogens with one attached hydrogen (secondary N) is 1. The van der Waals surface area contributed by atoms with Crippen molar-refractivity contribution in [1.82, 2.24) is 9.55 Å². The van der Waals surface area contributed by atoms with Crippen molar-refractivity contribution in [2.24, 2.45) is 0 Å². The Labute approximate surface area is 290 Å². The smallest absolute Gasteiger partial charge is 0.399 e. The van der Waals surface area contributed by atoms with Gasteiger partial charge in [-0.3, -0.25) is 0 Å². The van der Waals surface area contributed by atoms with E-state index in [9.17, 15) is 0 Å². The molecule has 0 atom stereocenters. The monoisotopic (exact) mass is 646 g/mol. The summed E-state index contributed by atoms with van der Waals surface area (Å²) in [6.45, 7) is 22.3. The highest BCUT2D eigenvalue weighted by atomic mass is 16.7. The molecule has 0 saturated carbocycles. The van der Waals surface area contributed by atoms with E-state index in [1.54, 1.807) is 0 Å². The zero-order chi connectivity index (χ0) is 34.7. The number of aromatic nitrogens is 2. The van der Waals surface area contributed by atoms with Crippen LogP contribution in [0, 0.1) is 0 Å². The molecule has 2 aromatic heterocycles. The minimum Gasteiger partial charge on any atom is -0.399 e. The summed E-state index contributed by atoms with van der Waals surface area (Å²) in [5.74, 6) is 0. The third-order valence-corrected chi connectivity index (χ3v) is 11.1. The first-order valence-electron chi connectivity index (χ1n) is 17.6. The van der Waals surface area contributed by atoms with Crippen LogP contribution in [0.3, 0.4) is 0 Å². The number of benzene rings is 5. The van der Waals surface area contributed by atoms with Crippen LogP contribution >= 0.6 is 0 Å². The number of fused-ring (bicyclic) bond motifs is 6. The number of nitrogens with zero attached hydrogens (tertiary/aromatic N) is 1. The van der Waals surface area contributed by atoms with Crippen LogP contribution in [-0.4, -0.2) is 27.9 Å². The Balaban J connectivity index is 1.43. The van der Waals surface area contributed by atoms with Crippen molar-refractivity contribution in [1.29, 1.82) is 0 Å². The van der Waals surface area contributed by atoms with Gasteiger partial charge in [0.25, 0.3) is 0 Å². The van der Waals surface area contributed by atoms with Crippen molar-refractivity contribution >= 4 is 56.2 Å². The maximum Gasteiger partial charge on any atom is 0.497 e. The van der Waals surface area contributed by atoms with Crippen LogP contribution in [0.15, 0.2) is 97.1 Å². The Morgan fingerprint density at radius 3 is 1.80 bits per heavy atom. The number of hydrogen-bond acceptors (Lipinski definition) is 2. The fourth-order valence-corrected chi connectivity index (χ4v) is 7.38. The first-order valence-corrected chi connectivity index (χ1v) is 17.6. The van der Waals surface area contributed by atoms with Crippen LogP contribution in [0.25, 0.3) is 60.4 Å². The van der Waals surface area contributed by atoms with Gasteiger partial charge in [-0.25, -0.2) is 0 Å². The normalized spacial score (nSPS) is 16.5. The van der Waals surface area contributed by atoms with Gasteiger partial charge in [-0.05, 0) is 104 Å². The molecule has 248 valence electrons. The van der Waals surface area contributed by atoms with E-state index >= 15 is 0 Å². The van der Waals surface area contributed by atoms with Crippen LogP contribution in [0.4, 0.5) is 0 Å². The largest absolute Gasteiger partial charge is 0.497 e. The minimum atomic E-state index is -0.478. The summed E-state index contributed by atoms with van der Waals surface area (Å²) in [4.78, 5) is 3.95. The Morgan fingerprint density at radius 1 is 0.571 bits per heavy atom. The molecule has 3 heterocycles. The molecule has 5 heteroatoms. The van der Waals surface area contributed by atoms with E-state index in [2.05, 4.69) is 176 Å². The summed E-state index contributed by atoms with van der Waals surface area (Å²) >= 11 is 0. The average molecular weight is 647 g/mol. The fourth-order valence-electron chi connectivity index (χ4n) is 7.38. The summed E-state index contributed by atoms with van der Waals surface area (Å²) in [5.41, 5.74) is 10.8. The molecule has 1 fully saturated rings. The highest BCUT2D eigenvalue weighted by Crippen LogP contribution is 2.43. The predicted octanol–water partition coefficient (Wildman–Crippen LogP) is 11.0. The second-order valence-corrected chi connectivity index (χ2v) is 17.1. The number of para-hydroxylation sites is 2. The molecule has 7 aromatic rings. The standard InChI is InChI=1S/C44H47BN2O2/c1-41(2,3)28-23-32(27-20-21-38-33(22-27)31-18-14-15-19-37(31)47(38)30-16-12-11-13-17-30)39-34(24-28)35-25-29(42(4,5)6)26-36(40(35)46-39)45-48-43(7,8)44(9,10)49-45/h11-26,46H,1-10H3. The highest BCUT2D eigenvalue weighted by Gasteiger charge is 2.52. The molecule has 0 aliphatic carbocycles. The van der Waals surface area contributed by atoms with E-state index in [0.29, 0.717) is 0 Å². The summed E-state index contributed by atoms with van der Waals surface area (Å²) < 4.78 is 15.8. The van der Waals surface area contributed by atoms with Crippen LogP contribution in [0.1, 0.15) is 80.4 Å². The fraction of sp³-hybridized carbons (Fsp3) is 0.318. The molecule has 0 radical (unpaired) electrons. The number of H-pyrrole nitrogens is 1. The molecule has 1 saturated heterocycles. The Morgan fingerprint density at radius 2 is 1.14 bits per heavy atom. The molecule has 0 amide bonds. The summed E-state index contributed by atoms with van der Waals surface area (Å²) in [6.07, 6.45) is 0. The molecule has 1 aliphatic rings. The maximum absolute atomic E-state index is 6.70.